The number of quaternary nitrogens is 1. The minimum atomic E-state index is -1.52. The van der Waals surface area contributed by atoms with Crippen LogP contribution in [0.2, 0.25) is 0 Å². The summed E-state index contributed by atoms with van der Waals surface area (Å²) in [6, 6.07) is 8.58. The van der Waals surface area contributed by atoms with Crippen molar-refractivity contribution in [1.29, 1.82) is 0 Å². The van der Waals surface area contributed by atoms with Crippen LogP contribution in [-0.4, -0.2) is 56.0 Å². The molecule has 27 heavy (non-hydrogen) atoms. The number of anilines is 1. The van der Waals surface area contributed by atoms with Gasteiger partial charge in [-0.2, -0.15) is 0 Å². The lowest BCUT2D eigenvalue weighted by Crippen LogP contribution is -3.17. The molecule has 0 bridgehead atoms. The molecule has 6 atom stereocenters. The number of carbonyl (C=O) groups excluding carboxylic acids is 1. The lowest BCUT2D eigenvalue weighted by Gasteiger charge is -2.58. The van der Waals surface area contributed by atoms with E-state index in [-0.39, 0.29) is 16.9 Å². The second kappa shape index (κ2) is 5.36. The first-order valence-electron chi connectivity index (χ1n) is 10.1. The van der Waals surface area contributed by atoms with Crippen molar-refractivity contribution >= 4 is 11.7 Å². The Hall–Kier alpha value is -1.85. The zero-order valence-electron chi connectivity index (χ0n) is 16.4. The van der Waals surface area contributed by atoms with Gasteiger partial charge in [-0.25, -0.2) is 4.79 Å². The van der Waals surface area contributed by atoms with E-state index in [0.29, 0.717) is 12.5 Å². The van der Waals surface area contributed by atoms with E-state index in [2.05, 4.69) is 42.2 Å². The van der Waals surface area contributed by atoms with Gasteiger partial charge in [0.2, 0.25) is 0 Å². The van der Waals surface area contributed by atoms with Gasteiger partial charge in [-0.1, -0.05) is 31.2 Å². The van der Waals surface area contributed by atoms with E-state index >= 15 is 0 Å². The number of fused-ring (bicyclic) bond motifs is 1. The predicted molar refractivity (Wildman–Crippen MR) is 103 cm³/mol. The second-order valence-corrected chi connectivity index (χ2v) is 8.95. The Bertz CT molecular complexity index is 839. The number of aliphatic hydroxyl groups is 1. The molecule has 144 valence electrons. The van der Waals surface area contributed by atoms with Crippen LogP contribution >= 0.6 is 0 Å². The molecule has 3 aliphatic heterocycles. The van der Waals surface area contributed by atoms with E-state index in [1.54, 1.807) is 4.90 Å². The summed E-state index contributed by atoms with van der Waals surface area (Å²) in [5, 5.41) is 11.9. The monoisotopic (exact) mass is 369 g/mol. The van der Waals surface area contributed by atoms with Crippen LogP contribution in [0.25, 0.3) is 0 Å². The smallest absolute Gasteiger partial charge is 0.340 e. The predicted octanol–water partition coefficient (Wildman–Crippen LogP) is 0.674. The number of methoxy groups -OCH3 is 1. The third kappa shape index (κ3) is 1.80. The van der Waals surface area contributed by atoms with Crippen molar-refractivity contribution in [1.82, 2.24) is 0 Å². The number of hydrogen-bond donors (Lipinski definition) is 2. The van der Waals surface area contributed by atoms with Gasteiger partial charge in [-0.05, 0) is 24.1 Å². The minimum absolute atomic E-state index is 0.193. The number of benzene rings is 1. The highest BCUT2D eigenvalue weighted by atomic mass is 16.5. The van der Waals surface area contributed by atoms with Gasteiger partial charge in [0.15, 0.2) is 5.60 Å². The molecule has 1 spiro atoms. The minimum Gasteiger partial charge on any atom is -0.467 e. The maximum absolute atomic E-state index is 13.0. The Kier molecular flexibility index (Phi) is 3.43. The summed E-state index contributed by atoms with van der Waals surface area (Å²) in [5.41, 5.74) is 0.497. The number of hydrogen-bond acceptors (Lipinski definition) is 4. The highest BCUT2D eigenvalue weighted by Gasteiger charge is 2.77. The van der Waals surface area contributed by atoms with Crippen molar-refractivity contribution in [2.45, 2.75) is 49.3 Å². The number of ether oxygens (including phenoxy) is 1. The number of para-hydroxylation sites is 1. The molecule has 1 saturated carbocycles. The fourth-order valence-electron chi connectivity index (χ4n) is 7.41. The molecule has 0 aromatic heterocycles. The molecule has 1 aromatic carbocycles. The van der Waals surface area contributed by atoms with Gasteiger partial charge >= 0.3 is 5.97 Å². The molecular formula is C22H29N2O3+. The van der Waals surface area contributed by atoms with Gasteiger partial charge in [-0.3, -0.25) is 0 Å². The maximum Gasteiger partial charge on any atom is 0.340 e. The molecule has 3 heterocycles. The summed E-state index contributed by atoms with van der Waals surface area (Å²) in [5.74, 6) is -0.495. The number of rotatable bonds is 2. The normalized spacial score (nSPS) is 43.9. The molecule has 1 aliphatic carbocycles. The van der Waals surface area contributed by atoms with E-state index in [9.17, 15) is 9.90 Å². The first kappa shape index (κ1) is 17.3. The Morgan fingerprint density at radius 1 is 1.41 bits per heavy atom. The zero-order chi connectivity index (χ0) is 19.0. The maximum atomic E-state index is 13.0. The molecule has 0 amide bonds. The molecule has 2 fully saturated rings. The molecule has 4 aliphatic rings. The van der Waals surface area contributed by atoms with Crippen LogP contribution in [0.1, 0.15) is 31.7 Å². The quantitative estimate of drug-likeness (QED) is 0.595. The summed E-state index contributed by atoms with van der Waals surface area (Å²) in [6.45, 7) is 4.30. The molecule has 5 rings (SSSR count). The van der Waals surface area contributed by atoms with E-state index in [1.807, 2.05) is 13.1 Å². The van der Waals surface area contributed by atoms with E-state index in [1.165, 1.54) is 12.7 Å². The summed E-state index contributed by atoms with van der Waals surface area (Å²) < 4.78 is 5.17. The van der Waals surface area contributed by atoms with Crippen LogP contribution in [0.3, 0.4) is 0 Å². The van der Waals surface area contributed by atoms with Crippen molar-refractivity contribution in [2.24, 2.45) is 5.41 Å². The number of nitrogens with one attached hydrogen (secondary N) is 1. The van der Waals surface area contributed by atoms with Crippen molar-refractivity contribution in [3.8, 4) is 0 Å². The first-order valence-corrected chi connectivity index (χ1v) is 10.1. The lowest BCUT2D eigenvalue weighted by atomic mass is 9.49. The van der Waals surface area contributed by atoms with Crippen molar-refractivity contribution in [3.63, 3.8) is 0 Å². The fraction of sp³-hybridized carbons (Fsp3) is 0.591. The van der Waals surface area contributed by atoms with Crippen LogP contribution in [0.15, 0.2) is 36.4 Å². The van der Waals surface area contributed by atoms with E-state index < -0.39 is 11.6 Å². The number of carbonyl (C=O) groups is 1. The summed E-state index contributed by atoms with van der Waals surface area (Å²) in [4.78, 5) is 16.8. The molecule has 5 heteroatoms. The van der Waals surface area contributed by atoms with E-state index in [4.69, 9.17) is 4.74 Å². The highest BCUT2D eigenvalue weighted by Crippen LogP contribution is 2.63. The van der Waals surface area contributed by atoms with Gasteiger partial charge < -0.3 is 19.6 Å². The van der Waals surface area contributed by atoms with Gasteiger partial charge in [0, 0.05) is 31.0 Å². The summed E-state index contributed by atoms with van der Waals surface area (Å²) in [6.07, 6.45) is 6.90. The highest BCUT2D eigenvalue weighted by molar-refractivity contribution is 5.84. The van der Waals surface area contributed by atoms with Crippen LogP contribution in [0, 0.1) is 5.41 Å². The molecule has 2 unspecified atom stereocenters. The first-order chi connectivity index (χ1) is 12.9. The molecule has 5 nitrogen and oxygen atoms in total. The third-order valence-corrected chi connectivity index (χ3v) is 8.10. The fourth-order valence-corrected chi connectivity index (χ4v) is 7.41. The van der Waals surface area contributed by atoms with Gasteiger partial charge in [0.1, 0.15) is 6.04 Å². The average Bonchev–Trinajstić information content (AvgIpc) is 3.20. The Labute approximate surface area is 160 Å². The Balaban J connectivity index is 1.83. The zero-order valence-corrected chi connectivity index (χ0v) is 16.4. The number of likely N-dealkylation sites (N-methyl/N-ethyl adjacent to an activating group) is 1. The Morgan fingerprint density at radius 2 is 2.19 bits per heavy atom. The van der Waals surface area contributed by atoms with Crippen LogP contribution in [0.5, 0.6) is 0 Å². The van der Waals surface area contributed by atoms with Crippen molar-refractivity contribution < 1.29 is 19.5 Å². The van der Waals surface area contributed by atoms with Gasteiger partial charge in [0.25, 0.3) is 0 Å². The molecule has 1 aromatic rings. The summed E-state index contributed by atoms with van der Waals surface area (Å²) >= 11 is 0. The molecular weight excluding hydrogens is 340 g/mol. The largest absolute Gasteiger partial charge is 0.467 e. The van der Waals surface area contributed by atoms with E-state index in [0.717, 1.165) is 31.6 Å². The topological polar surface area (TPSA) is 54.2 Å². The second-order valence-electron chi connectivity index (χ2n) is 8.95. The van der Waals surface area contributed by atoms with Crippen LogP contribution in [-0.2, 0) is 14.9 Å². The molecule has 0 radical (unpaired) electrons. The van der Waals surface area contributed by atoms with Crippen molar-refractivity contribution in [2.75, 3.05) is 32.1 Å². The summed E-state index contributed by atoms with van der Waals surface area (Å²) in [7, 11) is 3.42. The molecule has 1 saturated heterocycles. The van der Waals surface area contributed by atoms with Crippen molar-refractivity contribution in [3.05, 3.63) is 42.0 Å². The SMILES string of the molecule is CC[C@]12C=CC[NH+]3CC[C@@]4(c5ccccc5N(C)C4[C@@](O)(C(=O)OC)C1)[C@@H]32. The van der Waals surface area contributed by atoms with Crippen LogP contribution in [0.4, 0.5) is 5.69 Å². The molecule has 2 N–H and O–H groups in total. The Morgan fingerprint density at radius 3 is 2.93 bits per heavy atom. The van der Waals surface area contributed by atoms with Crippen LogP contribution < -0.4 is 9.80 Å². The standard InChI is InChI=1S/C22H28N2O3/c1-4-20-10-7-12-24-13-11-21(17(20)24)15-8-5-6-9-16(15)23(2)18(21)22(26,14-20)19(25)27-3/h5-10,17-18,26H,4,11-14H2,1-3H3/p+1/t17-,18?,20-,21+,22+/m0/s1. The third-order valence-electron chi connectivity index (χ3n) is 8.10. The van der Waals surface area contributed by atoms with Gasteiger partial charge in [0.05, 0.1) is 31.7 Å². The van der Waals surface area contributed by atoms with Gasteiger partial charge in [-0.15, -0.1) is 0 Å². The number of nitrogens with zero attached hydrogens (tertiary/aromatic N) is 1. The number of esters is 1. The average molecular weight is 369 g/mol. The lowest BCUT2D eigenvalue weighted by molar-refractivity contribution is -0.919.